The van der Waals surface area contributed by atoms with Gasteiger partial charge in [0.2, 0.25) is 0 Å². The van der Waals surface area contributed by atoms with Crippen molar-refractivity contribution in [1.29, 1.82) is 0 Å². The Hall–Kier alpha value is -0.810. The van der Waals surface area contributed by atoms with Crippen molar-refractivity contribution >= 4 is 17.6 Å². The monoisotopic (exact) mass is 170 g/mol. The number of rotatable bonds is 3. The Labute approximate surface area is 69.9 Å². The van der Waals surface area contributed by atoms with Crippen LogP contribution in [0.1, 0.15) is 5.82 Å². The molecule has 0 saturated carbocycles. The van der Waals surface area contributed by atoms with E-state index in [1.807, 2.05) is 7.05 Å². The molecule has 0 aliphatic carbocycles. The molecule has 5 heteroatoms. The zero-order valence-electron chi connectivity index (χ0n) is 6.06. The molecule has 0 aliphatic heterocycles. The summed E-state index contributed by atoms with van der Waals surface area (Å²) < 4.78 is 1.73. The molecule has 1 unspecified atom stereocenters. The summed E-state index contributed by atoms with van der Waals surface area (Å²) in [6.45, 7) is 0. The first-order chi connectivity index (χ1) is 5.24. The molecule has 1 N–H and O–H groups in total. The van der Waals surface area contributed by atoms with Gasteiger partial charge in [0.1, 0.15) is 12.2 Å². The lowest BCUT2D eigenvalue weighted by molar-refractivity contribution is 0.245. The van der Waals surface area contributed by atoms with E-state index in [1.54, 1.807) is 10.9 Å². The second-order valence-corrected chi connectivity index (χ2v) is 2.43. The Bertz CT molecular complexity index is 248. The molecule has 1 rings (SSSR count). The summed E-state index contributed by atoms with van der Waals surface area (Å²) in [5.41, 5.74) is 0. The van der Waals surface area contributed by atoms with Gasteiger partial charge in [0, 0.05) is 13.5 Å². The standard InChI is InChI=1S/C6H8N3OS/c1-9-4-7-8-6(9)2-5(10)3-11/h4-5,10H,2H2,1H3. The van der Waals surface area contributed by atoms with Gasteiger partial charge < -0.3 is 9.67 Å². The lowest BCUT2D eigenvalue weighted by atomic mass is 10.3. The van der Waals surface area contributed by atoms with E-state index in [2.05, 4.69) is 27.8 Å². The van der Waals surface area contributed by atoms with Crippen LogP contribution in [0.3, 0.4) is 0 Å². The molecule has 1 heterocycles. The fourth-order valence-corrected chi connectivity index (χ4v) is 0.790. The summed E-state index contributed by atoms with van der Waals surface area (Å²) in [6, 6.07) is 0. The number of hydrogen-bond donors (Lipinski definition) is 1. The van der Waals surface area contributed by atoms with Gasteiger partial charge >= 0.3 is 0 Å². The van der Waals surface area contributed by atoms with Gasteiger partial charge in [0.05, 0.1) is 11.5 Å². The molecule has 1 aromatic rings. The van der Waals surface area contributed by atoms with E-state index in [4.69, 9.17) is 5.11 Å². The highest BCUT2D eigenvalue weighted by Crippen LogP contribution is 1.95. The van der Waals surface area contributed by atoms with E-state index in [0.717, 1.165) is 0 Å². The molecule has 0 aliphatic rings. The molecule has 4 nitrogen and oxygen atoms in total. The first-order valence-corrected chi connectivity index (χ1v) is 3.53. The summed E-state index contributed by atoms with van der Waals surface area (Å²) in [5, 5.41) is 18.8. The van der Waals surface area contributed by atoms with Gasteiger partial charge in [-0.3, -0.25) is 0 Å². The normalized spacial score (nSPS) is 12.9. The second kappa shape index (κ2) is 3.54. The van der Waals surface area contributed by atoms with Gasteiger partial charge in [-0.25, -0.2) is 0 Å². The van der Waals surface area contributed by atoms with E-state index in [9.17, 15) is 0 Å². The molecule has 1 aromatic heterocycles. The number of thiocarbonyl (C=S) groups is 1. The summed E-state index contributed by atoms with van der Waals surface area (Å²) in [5.74, 6) is 0.704. The number of aromatic nitrogens is 3. The fourth-order valence-electron chi connectivity index (χ4n) is 0.707. The highest BCUT2D eigenvalue weighted by atomic mass is 32.1. The Kier molecular flexibility index (Phi) is 2.67. The third kappa shape index (κ3) is 2.06. The third-order valence-electron chi connectivity index (χ3n) is 1.32. The molecular weight excluding hydrogens is 162 g/mol. The maximum atomic E-state index is 9.06. The molecule has 1 atom stereocenters. The SMILES string of the molecule is Cn1cnnc1CC(O)[C]=S. The van der Waals surface area contributed by atoms with Crippen molar-refractivity contribution < 1.29 is 5.11 Å². The zero-order valence-corrected chi connectivity index (χ0v) is 6.88. The molecule has 0 spiro atoms. The summed E-state index contributed by atoms with van der Waals surface area (Å²) in [4.78, 5) is 0. The van der Waals surface area contributed by atoms with Gasteiger partial charge in [-0.1, -0.05) is 12.2 Å². The van der Waals surface area contributed by atoms with Gasteiger partial charge in [-0.2, -0.15) is 0 Å². The van der Waals surface area contributed by atoms with Crippen LogP contribution in [0.25, 0.3) is 0 Å². The first-order valence-electron chi connectivity index (χ1n) is 3.12. The van der Waals surface area contributed by atoms with Crippen molar-refractivity contribution in [3.05, 3.63) is 12.2 Å². The average Bonchev–Trinajstić information content (AvgIpc) is 2.37. The predicted octanol–water partition coefficient (Wildman–Crippen LogP) is -0.405. The van der Waals surface area contributed by atoms with Crippen LogP contribution >= 0.6 is 12.2 Å². The first kappa shape index (κ1) is 8.29. The van der Waals surface area contributed by atoms with Crippen molar-refractivity contribution in [2.45, 2.75) is 12.5 Å². The minimum absolute atomic E-state index is 0.375. The molecule has 0 amide bonds. The van der Waals surface area contributed by atoms with Crippen LogP contribution in [-0.2, 0) is 13.5 Å². The van der Waals surface area contributed by atoms with Crippen molar-refractivity contribution in [3.8, 4) is 0 Å². The summed E-state index contributed by atoms with van der Waals surface area (Å²) in [6.07, 6.45) is 1.22. The molecule has 59 valence electrons. The molecule has 0 bridgehead atoms. The van der Waals surface area contributed by atoms with E-state index in [0.29, 0.717) is 12.2 Å². The smallest absolute Gasteiger partial charge is 0.135 e. The maximum absolute atomic E-state index is 9.06. The van der Waals surface area contributed by atoms with E-state index in [1.165, 1.54) is 0 Å². The fraction of sp³-hybridized carbons (Fsp3) is 0.500. The number of aliphatic hydroxyl groups excluding tert-OH is 1. The van der Waals surface area contributed by atoms with Crippen LogP contribution in [0, 0.1) is 0 Å². The van der Waals surface area contributed by atoms with E-state index in [-0.39, 0.29) is 0 Å². The highest BCUT2D eigenvalue weighted by Gasteiger charge is 2.06. The largest absolute Gasteiger partial charge is 0.387 e. The molecule has 0 aromatic carbocycles. The summed E-state index contributed by atoms with van der Waals surface area (Å²) >= 11 is 4.43. The quantitative estimate of drug-likeness (QED) is 0.627. The molecule has 0 saturated heterocycles. The Morgan fingerprint density at radius 1 is 1.91 bits per heavy atom. The van der Waals surface area contributed by atoms with Crippen LogP contribution in [-0.4, -0.2) is 31.3 Å². The van der Waals surface area contributed by atoms with Crippen LogP contribution in [0.2, 0.25) is 0 Å². The highest BCUT2D eigenvalue weighted by molar-refractivity contribution is 7.79. The predicted molar refractivity (Wildman–Crippen MR) is 43.3 cm³/mol. The van der Waals surface area contributed by atoms with Gasteiger partial charge in [0.25, 0.3) is 0 Å². The second-order valence-electron chi connectivity index (χ2n) is 2.20. The van der Waals surface area contributed by atoms with E-state index >= 15 is 0 Å². The van der Waals surface area contributed by atoms with E-state index < -0.39 is 6.10 Å². The Morgan fingerprint density at radius 2 is 2.64 bits per heavy atom. The number of aliphatic hydroxyl groups is 1. The van der Waals surface area contributed by atoms with Gasteiger partial charge in [-0.05, 0) is 0 Å². The number of aryl methyl sites for hydroxylation is 1. The van der Waals surface area contributed by atoms with Crippen LogP contribution in [0.15, 0.2) is 6.33 Å². The van der Waals surface area contributed by atoms with Crippen LogP contribution in [0.5, 0.6) is 0 Å². The molecular formula is C6H8N3OS. The Morgan fingerprint density at radius 3 is 3.09 bits per heavy atom. The lowest BCUT2D eigenvalue weighted by Crippen LogP contribution is -2.13. The number of nitrogens with zero attached hydrogens (tertiary/aromatic N) is 3. The lowest BCUT2D eigenvalue weighted by Gasteiger charge is -2.01. The maximum Gasteiger partial charge on any atom is 0.135 e. The topological polar surface area (TPSA) is 50.9 Å². The van der Waals surface area contributed by atoms with Gasteiger partial charge in [0.15, 0.2) is 0 Å². The van der Waals surface area contributed by atoms with Crippen LogP contribution in [0.4, 0.5) is 0 Å². The molecule has 1 radical (unpaired) electrons. The Balaban J connectivity index is 2.63. The average molecular weight is 170 g/mol. The minimum Gasteiger partial charge on any atom is -0.387 e. The van der Waals surface area contributed by atoms with Crippen molar-refractivity contribution in [1.82, 2.24) is 14.8 Å². The summed E-state index contributed by atoms with van der Waals surface area (Å²) in [7, 11) is 1.81. The van der Waals surface area contributed by atoms with Crippen molar-refractivity contribution in [3.63, 3.8) is 0 Å². The van der Waals surface area contributed by atoms with Crippen molar-refractivity contribution in [2.24, 2.45) is 7.05 Å². The van der Waals surface area contributed by atoms with Crippen molar-refractivity contribution in [2.75, 3.05) is 0 Å². The van der Waals surface area contributed by atoms with Gasteiger partial charge in [-0.15, -0.1) is 10.2 Å². The molecule has 11 heavy (non-hydrogen) atoms. The van der Waals surface area contributed by atoms with Crippen LogP contribution < -0.4 is 0 Å². The number of hydrogen-bond acceptors (Lipinski definition) is 4. The zero-order chi connectivity index (χ0) is 8.27. The minimum atomic E-state index is -0.729. The third-order valence-corrected chi connectivity index (χ3v) is 1.59. The molecule has 0 fully saturated rings.